The van der Waals surface area contributed by atoms with E-state index in [0.717, 1.165) is 63.6 Å². The average molecular weight is 563 g/mol. The van der Waals surface area contributed by atoms with Crippen LogP contribution in [0.4, 0.5) is 5.82 Å². The van der Waals surface area contributed by atoms with Crippen LogP contribution in [0.25, 0.3) is 32.9 Å². The molecule has 1 atom stereocenters. The number of anilines is 1. The molecule has 1 unspecified atom stereocenters. The number of carbonyl (C=O) groups excluding carboxylic acids is 1. The van der Waals surface area contributed by atoms with E-state index >= 15 is 0 Å². The van der Waals surface area contributed by atoms with Crippen LogP contribution in [0.15, 0.2) is 43.1 Å². The first kappa shape index (κ1) is 29.3. The van der Waals surface area contributed by atoms with Crippen LogP contribution >= 0.6 is 11.6 Å². The minimum atomic E-state index is -0.0527. The molecule has 2 aromatic heterocycles. The van der Waals surface area contributed by atoms with Gasteiger partial charge in [0, 0.05) is 47.5 Å². The third-order valence-electron chi connectivity index (χ3n) is 7.25. The van der Waals surface area contributed by atoms with E-state index in [1.165, 1.54) is 6.08 Å². The number of hydrogen-bond donors (Lipinski definition) is 1. The Morgan fingerprint density at radius 1 is 1.15 bits per heavy atom. The van der Waals surface area contributed by atoms with Crippen molar-refractivity contribution in [2.45, 2.75) is 60.0 Å². The number of carbonyl (C=O) groups is 1. The molecule has 2 aromatic carbocycles. The number of aromatic amines is 1. The Hall–Kier alpha value is -3.65. The van der Waals surface area contributed by atoms with Crippen LogP contribution in [0.3, 0.4) is 0 Å². The lowest BCUT2D eigenvalue weighted by Gasteiger charge is -2.35. The standard InChI is InChI=1S/C29H33ClN6O2.C2H6/c1-5-8-19(6-2)38-29-32-25-16-20(27-18(4)9-10-24-22(27)17-31-34-24)23(30)15-21(25)28(33-29)36-13-11-35(12-14-36)26(37)7-3;1-2/h7,9-10,15-17,19H,3,5-6,8,11-14H2,1-2,4H3,(H,31,34);1-2H3. The van der Waals surface area contributed by atoms with Crippen molar-refractivity contribution in [2.24, 2.45) is 0 Å². The average Bonchev–Trinajstić information content (AvgIpc) is 3.46. The molecule has 8 nitrogen and oxygen atoms in total. The molecule has 1 amide bonds. The number of aryl methyl sites for hydroxylation is 1. The SMILES string of the molecule is C=CC(=O)N1CCN(c2nc(OC(CC)CCC)nc3cc(-c4c(C)ccc5[nH]ncc45)c(Cl)cc23)CC1.CC. The van der Waals surface area contributed by atoms with E-state index in [4.69, 9.17) is 26.3 Å². The maximum atomic E-state index is 12.1. The first-order valence-corrected chi connectivity index (χ1v) is 14.6. The fourth-order valence-corrected chi connectivity index (χ4v) is 5.42. The smallest absolute Gasteiger partial charge is 0.319 e. The Balaban J connectivity index is 0.00000181. The summed E-state index contributed by atoms with van der Waals surface area (Å²) in [6, 6.07) is 8.44. The lowest BCUT2D eigenvalue weighted by atomic mass is 9.96. The van der Waals surface area contributed by atoms with Gasteiger partial charge in [0.15, 0.2) is 0 Å². The second kappa shape index (κ2) is 13.1. The van der Waals surface area contributed by atoms with Crippen LogP contribution in [0, 0.1) is 6.92 Å². The molecule has 1 aliphatic rings. The quantitative estimate of drug-likeness (QED) is 0.234. The molecule has 1 aliphatic heterocycles. The van der Waals surface area contributed by atoms with Crippen molar-refractivity contribution in [1.29, 1.82) is 0 Å². The fourth-order valence-electron chi connectivity index (χ4n) is 5.17. The van der Waals surface area contributed by atoms with Crippen LogP contribution in [0.5, 0.6) is 6.01 Å². The van der Waals surface area contributed by atoms with Gasteiger partial charge in [-0.25, -0.2) is 0 Å². The molecule has 9 heteroatoms. The molecule has 40 heavy (non-hydrogen) atoms. The van der Waals surface area contributed by atoms with Gasteiger partial charge in [-0.3, -0.25) is 9.89 Å². The Bertz CT molecular complexity index is 1490. The maximum absolute atomic E-state index is 12.1. The second-order valence-corrected chi connectivity index (χ2v) is 10.1. The summed E-state index contributed by atoms with van der Waals surface area (Å²) in [7, 11) is 0. The monoisotopic (exact) mass is 562 g/mol. The topological polar surface area (TPSA) is 87.2 Å². The number of ether oxygens (including phenoxy) is 1. The van der Waals surface area contributed by atoms with Gasteiger partial charge in [0.1, 0.15) is 11.9 Å². The van der Waals surface area contributed by atoms with Gasteiger partial charge < -0.3 is 14.5 Å². The zero-order valence-corrected chi connectivity index (χ0v) is 24.9. The summed E-state index contributed by atoms with van der Waals surface area (Å²) in [5, 5.41) is 9.77. The van der Waals surface area contributed by atoms with Crippen LogP contribution in [-0.2, 0) is 4.79 Å². The van der Waals surface area contributed by atoms with E-state index in [1.54, 1.807) is 4.90 Å². The molecule has 1 fully saturated rings. The normalized spacial score (nSPS) is 14.2. The lowest BCUT2D eigenvalue weighted by Crippen LogP contribution is -2.48. The van der Waals surface area contributed by atoms with Crippen molar-refractivity contribution in [1.82, 2.24) is 25.1 Å². The molecule has 212 valence electrons. The van der Waals surface area contributed by atoms with Gasteiger partial charge >= 0.3 is 6.01 Å². The van der Waals surface area contributed by atoms with Crippen molar-refractivity contribution in [3.8, 4) is 17.1 Å². The molecule has 0 spiro atoms. The predicted molar refractivity (Wildman–Crippen MR) is 164 cm³/mol. The van der Waals surface area contributed by atoms with Crippen molar-refractivity contribution < 1.29 is 9.53 Å². The van der Waals surface area contributed by atoms with E-state index in [2.05, 4.69) is 48.5 Å². The highest BCUT2D eigenvalue weighted by atomic mass is 35.5. The molecule has 4 aromatic rings. The molecule has 0 aliphatic carbocycles. The number of benzene rings is 2. The number of piperazine rings is 1. The van der Waals surface area contributed by atoms with Crippen LogP contribution in [-0.4, -0.2) is 63.3 Å². The number of nitrogens with zero attached hydrogens (tertiary/aromatic N) is 5. The minimum Gasteiger partial charge on any atom is -0.460 e. The molecule has 0 saturated carbocycles. The lowest BCUT2D eigenvalue weighted by molar-refractivity contribution is -0.126. The van der Waals surface area contributed by atoms with Crippen molar-refractivity contribution in [3.05, 3.63) is 53.7 Å². The van der Waals surface area contributed by atoms with E-state index in [0.29, 0.717) is 37.2 Å². The van der Waals surface area contributed by atoms with Crippen LogP contribution < -0.4 is 9.64 Å². The Labute approximate surface area is 241 Å². The van der Waals surface area contributed by atoms with Crippen molar-refractivity contribution >= 4 is 45.1 Å². The third-order valence-corrected chi connectivity index (χ3v) is 7.56. The van der Waals surface area contributed by atoms with Gasteiger partial charge in [0.2, 0.25) is 5.91 Å². The van der Waals surface area contributed by atoms with E-state index in [-0.39, 0.29) is 12.0 Å². The molecular weight excluding hydrogens is 524 g/mol. The molecule has 1 saturated heterocycles. The summed E-state index contributed by atoms with van der Waals surface area (Å²) in [5.41, 5.74) is 4.73. The fraction of sp³-hybridized carbons (Fsp3) is 0.419. The summed E-state index contributed by atoms with van der Waals surface area (Å²) in [4.78, 5) is 25.9. The van der Waals surface area contributed by atoms with Gasteiger partial charge in [-0.1, -0.05) is 58.4 Å². The Morgan fingerprint density at radius 2 is 1.90 bits per heavy atom. The van der Waals surface area contributed by atoms with Crippen LogP contribution in [0.2, 0.25) is 5.02 Å². The first-order valence-electron chi connectivity index (χ1n) is 14.2. The maximum Gasteiger partial charge on any atom is 0.319 e. The number of nitrogens with one attached hydrogen (secondary N) is 1. The highest BCUT2D eigenvalue weighted by Crippen LogP contribution is 2.40. The largest absolute Gasteiger partial charge is 0.460 e. The number of aromatic nitrogens is 4. The zero-order valence-electron chi connectivity index (χ0n) is 24.1. The first-order chi connectivity index (χ1) is 19.4. The Kier molecular flexibility index (Phi) is 9.63. The van der Waals surface area contributed by atoms with Gasteiger partial charge in [-0.2, -0.15) is 15.1 Å². The van der Waals surface area contributed by atoms with Gasteiger partial charge in [0.05, 0.1) is 17.2 Å². The van der Waals surface area contributed by atoms with Gasteiger partial charge in [-0.05, 0) is 55.2 Å². The van der Waals surface area contributed by atoms with Gasteiger partial charge in [-0.15, -0.1) is 0 Å². The molecule has 0 bridgehead atoms. The van der Waals surface area contributed by atoms with Crippen molar-refractivity contribution in [2.75, 3.05) is 31.1 Å². The summed E-state index contributed by atoms with van der Waals surface area (Å²) in [6.07, 6.45) is 6.07. The highest BCUT2D eigenvalue weighted by molar-refractivity contribution is 6.35. The highest BCUT2D eigenvalue weighted by Gasteiger charge is 2.25. The number of halogens is 1. The number of amides is 1. The molecule has 0 radical (unpaired) electrons. The summed E-state index contributed by atoms with van der Waals surface area (Å²) < 4.78 is 6.30. The van der Waals surface area contributed by atoms with Gasteiger partial charge in [0.25, 0.3) is 0 Å². The summed E-state index contributed by atoms with van der Waals surface area (Å²) in [6.45, 7) is 16.4. The number of fused-ring (bicyclic) bond motifs is 2. The molecule has 1 N–H and O–H groups in total. The third kappa shape index (κ3) is 5.92. The number of rotatable bonds is 8. The number of H-pyrrole nitrogens is 1. The minimum absolute atomic E-state index is 0.0426. The zero-order chi connectivity index (χ0) is 28.8. The van der Waals surface area contributed by atoms with E-state index in [1.807, 2.05) is 38.2 Å². The Morgan fingerprint density at radius 3 is 2.58 bits per heavy atom. The van der Waals surface area contributed by atoms with E-state index in [9.17, 15) is 4.79 Å². The predicted octanol–water partition coefficient (Wildman–Crippen LogP) is 6.95. The van der Waals surface area contributed by atoms with Crippen LogP contribution in [0.1, 0.15) is 52.5 Å². The van der Waals surface area contributed by atoms with Crippen molar-refractivity contribution in [3.63, 3.8) is 0 Å². The second-order valence-electron chi connectivity index (χ2n) is 9.72. The van der Waals surface area contributed by atoms with E-state index < -0.39 is 0 Å². The summed E-state index contributed by atoms with van der Waals surface area (Å²) >= 11 is 6.96. The summed E-state index contributed by atoms with van der Waals surface area (Å²) in [5.74, 6) is 0.719. The molecule has 3 heterocycles. The molecule has 5 rings (SSSR count). The molecular formula is C31H39ClN6O2. The number of hydrogen-bond acceptors (Lipinski definition) is 6.